The normalized spacial score (nSPS) is 33.8. The van der Waals surface area contributed by atoms with Gasteiger partial charge in [0, 0.05) is 35.5 Å². The number of hydrogen-bond acceptors (Lipinski definition) is 2. The molecule has 2 atom stereocenters. The molecule has 0 bridgehead atoms. The predicted octanol–water partition coefficient (Wildman–Crippen LogP) is 1.69. The molecule has 0 amide bonds. The molecule has 0 aliphatic carbocycles. The van der Waals surface area contributed by atoms with Gasteiger partial charge in [-0.1, -0.05) is 0 Å². The van der Waals surface area contributed by atoms with Crippen molar-refractivity contribution in [3.8, 4) is 0 Å². The molecule has 0 aromatic carbocycles. The summed E-state index contributed by atoms with van der Waals surface area (Å²) in [6.45, 7) is 0.324. The molecule has 6 heteroatoms. The summed E-state index contributed by atoms with van der Waals surface area (Å²) in [5.74, 6) is 0. The van der Waals surface area contributed by atoms with Crippen LogP contribution < -0.4 is 5.73 Å². The number of nitrogens with zero attached hydrogens (tertiary/aromatic N) is 1. The van der Waals surface area contributed by atoms with Crippen molar-refractivity contribution < 1.29 is 13.2 Å². The predicted molar refractivity (Wildman–Crippen MR) is 47.8 cm³/mol. The zero-order valence-electron chi connectivity index (χ0n) is 6.31. The number of nitrogens with two attached hydrogens (primary N) is 1. The Morgan fingerprint density at radius 1 is 1.33 bits per heavy atom. The summed E-state index contributed by atoms with van der Waals surface area (Å²) in [5.41, 5.74) is 5.52. The standard InChI is InChI=1S/C6H10F3IN2/c7-6(8,9)5-2-1-4(11)3-12(5)10/h4-5H,1-3,11H2. The van der Waals surface area contributed by atoms with Gasteiger partial charge in [0.25, 0.3) is 0 Å². The van der Waals surface area contributed by atoms with Crippen LogP contribution in [-0.2, 0) is 0 Å². The van der Waals surface area contributed by atoms with Gasteiger partial charge < -0.3 is 5.73 Å². The molecule has 1 aliphatic rings. The first-order valence-corrected chi connectivity index (χ1v) is 4.62. The fraction of sp³-hybridized carbons (Fsp3) is 1.00. The van der Waals surface area contributed by atoms with Crippen LogP contribution in [0.4, 0.5) is 13.2 Å². The Hall–Kier alpha value is 0.440. The number of rotatable bonds is 0. The minimum absolute atomic E-state index is 0.111. The van der Waals surface area contributed by atoms with Crippen molar-refractivity contribution in [2.75, 3.05) is 6.54 Å². The first-order chi connectivity index (χ1) is 5.41. The molecule has 1 fully saturated rings. The van der Waals surface area contributed by atoms with Crippen LogP contribution in [0.2, 0.25) is 0 Å². The lowest BCUT2D eigenvalue weighted by Gasteiger charge is -2.34. The van der Waals surface area contributed by atoms with Crippen molar-refractivity contribution in [1.82, 2.24) is 3.11 Å². The second-order valence-electron chi connectivity index (χ2n) is 2.98. The minimum atomic E-state index is -4.11. The van der Waals surface area contributed by atoms with Crippen LogP contribution in [0, 0.1) is 0 Å². The number of piperidine rings is 1. The Morgan fingerprint density at radius 3 is 2.33 bits per heavy atom. The largest absolute Gasteiger partial charge is 0.404 e. The van der Waals surface area contributed by atoms with E-state index >= 15 is 0 Å². The second kappa shape index (κ2) is 3.67. The van der Waals surface area contributed by atoms with Crippen LogP contribution in [0.5, 0.6) is 0 Å². The van der Waals surface area contributed by atoms with E-state index in [1.54, 1.807) is 22.9 Å². The van der Waals surface area contributed by atoms with Gasteiger partial charge in [-0.25, -0.2) is 3.11 Å². The highest BCUT2D eigenvalue weighted by atomic mass is 127. The first kappa shape index (κ1) is 10.5. The van der Waals surface area contributed by atoms with Crippen LogP contribution >= 0.6 is 22.9 Å². The van der Waals surface area contributed by atoms with Crippen LogP contribution in [0.3, 0.4) is 0 Å². The van der Waals surface area contributed by atoms with Crippen molar-refractivity contribution in [1.29, 1.82) is 0 Å². The van der Waals surface area contributed by atoms with Crippen LogP contribution in [0.15, 0.2) is 0 Å². The van der Waals surface area contributed by atoms with Gasteiger partial charge in [0.05, 0.1) is 0 Å². The molecular formula is C6H10F3IN2. The van der Waals surface area contributed by atoms with E-state index in [0.29, 0.717) is 13.0 Å². The highest BCUT2D eigenvalue weighted by Crippen LogP contribution is 2.33. The smallest absolute Gasteiger partial charge is 0.327 e. The average Bonchev–Trinajstić information content (AvgIpc) is 1.83. The van der Waals surface area contributed by atoms with Gasteiger partial charge in [-0.2, -0.15) is 13.2 Å². The number of halogens is 4. The Morgan fingerprint density at radius 2 is 1.92 bits per heavy atom. The zero-order valence-corrected chi connectivity index (χ0v) is 8.47. The monoisotopic (exact) mass is 294 g/mol. The fourth-order valence-corrected chi connectivity index (χ4v) is 2.38. The Balaban J connectivity index is 2.57. The van der Waals surface area contributed by atoms with Gasteiger partial charge in [0.2, 0.25) is 0 Å². The molecule has 72 valence electrons. The Kier molecular flexibility index (Phi) is 3.21. The summed E-state index contributed by atoms with van der Waals surface area (Å²) in [5, 5.41) is 0. The molecule has 0 spiro atoms. The summed E-state index contributed by atoms with van der Waals surface area (Å²) < 4.78 is 38.0. The molecule has 0 aromatic rings. The third-order valence-electron chi connectivity index (χ3n) is 1.94. The van der Waals surface area contributed by atoms with E-state index in [9.17, 15) is 13.2 Å². The van der Waals surface area contributed by atoms with E-state index in [0.717, 1.165) is 0 Å². The lowest BCUT2D eigenvalue weighted by Crippen LogP contribution is -2.49. The highest BCUT2D eigenvalue weighted by Gasteiger charge is 2.44. The van der Waals surface area contributed by atoms with Gasteiger partial charge in [-0.15, -0.1) is 0 Å². The summed E-state index contributed by atoms with van der Waals surface area (Å²) in [7, 11) is 0. The van der Waals surface area contributed by atoms with Gasteiger partial charge in [0.1, 0.15) is 6.04 Å². The molecule has 2 nitrogen and oxygen atoms in total. The minimum Gasteiger partial charge on any atom is -0.327 e. The van der Waals surface area contributed by atoms with Gasteiger partial charge in [0.15, 0.2) is 0 Å². The van der Waals surface area contributed by atoms with E-state index in [2.05, 4.69) is 0 Å². The molecule has 1 rings (SSSR count). The van der Waals surface area contributed by atoms with E-state index in [-0.39, 0.29) is 12.5 Å². The molecule has 12 heavy (non-hydrogen) atoms. The third kappa shape index (κ3) is 2.46. The lowest BCUT2D eigenvalue weighted by molar-refractivity contribution is -0.173. The third-order valence-corrected chi connectivity index (χ3v) is 3.00. The molecule has 1 aliphatic heterocycles. The Bertz CT molecular complexity index is 161. The summed E-state index contributed by atoms with van der Waals surface area (Å²) in [4.78, 5) is 0. The molecule has 1 saturated heterocycles. The van der Waals surface area contributed by atoms with Gasteiger partial charge >= 0.3 is 6.18 Å². The molecule has 1 heterocycles. The van der Waals surface area contributed by atoms with Crippen LogP contribution in [0.1, 0.15) is 12.8 Å². The number of alkyl halides is 3. The van der Waals surface area contributed by atoms with Crippen molar-refractivity contribution in [3.63, 3.8) is 0 Å². The second-order valence-corrected chi connectivity index (χ2v) is 4.22. The maximum Gasteiger partial charge on any atom is 0.404 e. The highest BCUT2D eigenvalue weighted by molar-refractivity contribution is 14.1. The summed E-state index contributed by atoms with van der Waals surface area (Å²) in [6.07, 6.45) is -3.53. The zero-order chi connectivity index (χ0) is 9.35. The SMILES string of the molecule is NC1CCC(C(F)(F)F)N(I)C1. The van der Waals surface area contributed by atoms with E-state index in [1.165, 1.54) is 3.11 Å². The maximum atomic E-state index is 12.2. The molecule has 0 saturated carbocycles. The maximum absolute atomic E-state index is 12.2. The fourth-order valence-electron chi connectivity index (χ4n) is 1.28. The van der Waals surface area contributed by atoms with Crippen molar-refractivity contribution >= 4 is 22.9 Å². The first-order valence-electron chi connectivity index (χ1n) is 3.66. The molecule has 0 radical (unpaired) electrons. The van der Waals surface area contributed by atoms with E-state index < -0.39 is 12.2 Å². The van der Waals surface area contributed by atoms with Crippen molar-refractivity contribution in [2.24, 2.45) is 5.73 Å². The Labute approximate surface area is 82.8 Å². The van der Waals surface area contributed by atoms with Crippen molar-refractivity contribution in [3.05, 3.63) is 0 Å². The summed E-state index contributed by atoms with van der Waals surface area (Å²) >= 11 is 1.69. The quantitative estimate of drug-likeness (QED) is 0.544. The summed E-state index contributed by atoms with van der Waals surface area (Å²) in [6, 6.07) is -1.42. The molecular weight excluding hydrogens is 284 g/mol. The van der Waals surface area contributed by atoms with E-state index in [1.807, 2.05) is 0 Å². The lowest BCUT2D eigenvalue weighted by atomic mass is 10.0. The molecule has 0 aromatic heterocycles. The van der Waals surface area contributed by atoms with Gasteiger partial charge in [-0.3, -0.25) is 0 Å². The van der Waals surface area contributed by atoms with Crippen LogP contribution in [0.25, 0.3) is 0 Å². The topological polar surface area (TPSA) is 29.3 Å². The molecule has 2 N–H and O–H groups in total. The van der Waals surface area contributed by atoms with Crippen LogP contribution in [-0.4, -0.2) is 27.9 Å². The molecule has 2 unspecified atom stereocenters. The van der Waals surface area contributed by atoms with Gasteiger partial charge in [-0.05, 0) is 12.8 Å². The van der Waals surface area contributed by atoms with Crippen molar-refractivity contribution in [2.45, 2.75) is 31.1 Å². The number of hydrogen-bond donors (Lipinski definition) is 1. The average molecular weight is 294 g/mol. The van der Waals surface area contributed by atoms with E-state index in [4.69, 9.17) is 5.73 Å².